The van der Waals surface area contributed by atoms with Gasteiger partial charge in [0.1, 0.15) is 6.04 Å². The molecule has 0 aromatic heterocycles. The predicted octanol–water partition coefficient (Wildman–Crippen LogP) is -1.05. The van der Waals surface area contributed by atoms with Crippen molar-refractivity contribution in [1.82, 2.24) is 9.99 Å². The van der Waals surface area contributed by atoms with Crippen LogP contribution >= 0.6 is 7.75 Å². The van der Waals surface area contributed by atoms with E-state index >= 15 is 0 Å². The van der Waals surface area contributed by atoms with E-state index < -0.39 is 31.8 Å². The Bertz CT molecular complexity index is 324. The van der Waals surface area contributed by atoms with Crippen molar-refractivity contribution < 1.29 is 29.0 Å². The van der Waals surface area contributed by atoms with Crippen LogP contribution in [-0.2, 0) is 9.36 Å². The van der Waals surface area contributed by atoms with Crippen LogP contribution in [0.3, 0.4) is 0 Å². The molecule has 1 aliphatic heterocycles. The number of carboxylic acid groups (broad SMARTS) is 1. The van der Waals surface area contributed by atoms with Gasteiger partial charge in [-0.3, -0.25) is 4.79 Å². The molecular weight excluding hydrogens is 215 g/mol. The highest BCUT2D eigenvalue weighted by molar-refractivity contribution is 7.50. The van der Waals surface area contributed by atoms with Gasteiger partial charge in [0.15, 0.2) is 0 Å². The minimum atomic E-state index is -4.61. The maximum absolute atomic E-state index is 11.1. The van der Waals surface area contributed by atoms with Crippen molar-refractivity contribution in [2.75, 3.05) is 0 Å². The van der Waals surface area contributed by atoms with Gasteiger partial charge in [-0.2, -0.15) is 0 Å². The van der Waals surface area contributed by atoms with Crippen molar-refractivity contribution in [2.24, 2.45) is 0 Å². The number of amides is 2. The molecule has 2 atom stereocenters. The van der Waals surface area contributed by atoms with Crippen molar-refractivity contribution in [3.8, 4) is 0 Å². The van der Waals surface area contributed by atoms with Crippen LogP contribution in [-0.4, -0.2) is 43.6 Å². The molecule has 2 amide bonds. The molecule has 14 heavy (non-hydrogen) atoms. The molecule has 80 valence electrons. The van der Waals surface area contributed by atoms with E-state index in [2.05, 4.69) is 0 Å². The smallest absolute Gasteiger partial charge is 0.432 e. The quantitative estimate of drug-likeness (QED) is 0.350. The second-order valence-electron chi connectivity index (χ2n) is 2.86. The van der Waals surface area contributed by atoms with Crippen molar-refractivity contribution in [3.63, 3.8) is 0 Å². The van der Waals surface area contributed by atoms with Gasteiger partial charge in [-0.1, -0.05) is 0 Å². The minimum Gasteiger partial charge on any atom is -0.465 e. The summed E-state index contributed by atoms with van der Waals surface area (Å²) in [6, 6.07) is -1.90. The Morgan fingerprint density at radius 2 is 2.07 bits per heavy atom. The Labute approximate surface area is 78.7 Å². The average molecular weight is 224 g/mol. The fraction of sp³-hybridized carbons (Fsp3) is 0.600. The zero-order valence-electron chi connectivity index (χ0n) is 7.12. The van der Waals surface area contributed by atoms with Crippen LogP contribution in [0.25, 0.3) is 0 Å². The lowest BCUT2D eigenvalue weighted by atomic mass is 10.0. The number of hydrogen-bond donors (Lipinski definition) is 4. The Balaban J connectivity index is 2.71. The molecule has 0 saturated carbocycles. The van der Waals surface area contributed by atoms with Gasteiger partial charge in [0.25, 0.3) is 5.91 Å². The molecule has 1 heterocycles. The van der Waals surface area contributed by atoms with E-state index in [1.54, 1.807) is 0 Å². The summed E-state index contributed by atoms with van der Waals surface area (Å²) in [5, 5.41) is 10.2. The Morgan fingerprint density at radius 1 is 1.57 bits per heavy atom. The van der Waals surface area contributed by atoms with Crippen molar-refractivity contribution >= 4 is 19.7 Å². The Hall–Kier alpha value is -1.11. The number of β-lactam (4-membered cyclic amide) rings is 1. The van der Waals surface area contributed by atoms with Gasteiger partial charge >= 0.3 is 13.8 Å². The van der Waals surface area contributed by atoms with Crippen molar-refractivity contribution in [1.29, 1.82) is 0 Å². The normalized spacial score (nSPS) is 27.1. The summed E-state index contributed by atoms with van der Waals surface area (Å²) in [6.45, 7) is 1.35. The fourth-order valence-corrected chi connectivity index (χ4v) is 2.28. The van der Waals surface area contributed by atoms with Gasteiger partial charge in [-0.15, -0.1) is 0 Å². The molecule has 1 fully saturated rings. The summed E-state index contributed by atoms with van der Waals surface area (Å²) in [6.07, 6.45) is -1.40. The van der Waals surface area contributed by atoms with E-state index in [9.17, 15) is 14.2 Å². The van der Waals surface area contributed by atoms with Crippen LogP contribution in [0, 0.1) is 0 Å². The van der Waals surface area contributed by atoms with Crippen LogP contribution in [0.1, 0.15) is 6.92 Å². The SMILES string of the molecule is C[C@H]1C(NC(=O)O)C(=O)N1P(=O)(O)O. The summed E-state index contributed by atoms with van der Waals surface area (Å²) in [5.41, 5.74) is 0. The first kappa shape index (κ1) is 11.0. The lowest BCUT2D eigenvalue weighted by Gasteiger charge is -2.44. The molecule has 9 heteroatoms. The van der Waals surface area contributed by atoms with Crippen LogP contribution in [0.15, 0.2) is 0 Å². The van der Waals surface area contributed by atoms with E-state index in [0.717, 1.165) is 0 Å². The number of rotatable bonds is 2. The second-order valence-corrected chi connectivity index (χ2v) is 4.32. The standard InChI is InChI=1S/C5H9N2O6P/c1-2-3(6-5(9)10)4(8)7(2)14(11,12)13/h2-3,6H,1H3,(H,9,10)(H2,11,12,13)/t2-,3?/m0/s1. The van der Waals surface area contributed by atoms with E-state index in [-0.39, 0.29) is 0 Å². The Kier molecular flexibility index (Phi) is 2.53. The average Bonchev–Trinajstić information content (AvgIpc) is 1.98. The largest absolute Gasteiger partial charge is 0.465 e. The van der Waals surface area contributed by atoms with E-state index in [4.69, 9.17) is 14.9 Å². The highest BCUT2D eigenvalue weighted by Crippen LogP contribution is 2.47. The summed E-state index contributed by atoms with van der Waals surface area (Å²) in [5.74, 6) is -0.909. The zero-order chi connectivity index (χ0) is 11.1. The number of carbonyl (C=O) groups excluding carboxylic acids is 1. The van der Waals surface area contributed by atoms with Gasteiger partial charge < -0.3 is 20.2 Å². The predicted molar refractivity (Wildman–Crippen MR) is 43.3 cm³/mol. The summed E-state index contributed by atoms with van der Waals surface area (Å²) in [4.78, 5) is 38.6. The number of nitrogens with zero attached hydrogens (tertiary/aromatic N) is 1. The zero-order valence-corrected chi connectivity index (χ0v) is 8.01. The van der Waals surface area contributed by atoms with Crippen molar-refractivity contribution in [3.05, 3.63) is 0 Å². The van der Waals surface area contributed by atoms with Gasteiger partial charge in [-0.05, 0) is 6.92 Å². The lowest BCUT2D eigenvalue weighted by molar-refractivity contribution is -0.142. The van der Waals surface area contributed by atoms with Gasteiger partial charge in [-0.25, -0.2) is 14.0 Å². The number of hydrogen-bond acceptors (Lipinski definition) is 3. The minimum absolute atomic E-state index is 0.355. The van der Waals surface area contributed by atoms with E-state index in [0.29, 0.717) is 4.67 Å². The highest BCUT2D eigenvalue weighted by Gasteiger charge is 2.53. The molecule has 1 rings (SSSR count). The molecule has 0 spiro atoms. The van der Waals surface area contributed by atoms with Crippen LogP contribution in [0.2, 0.25) is 0 Å². The molecule has 0 aliphatic carbocycles. The third-order valence-corrected chi connectivity index (χ3v) is 3.04. The highest BCUT2D eigenvalue weighted by atomic mass is 31.2. The molecule has 0 aromatic carbocycles. The number of carbonyl (C=O) groups is 2. The molecule has 4 N–H and O–H groups in total. The van der Waals surface area contributed by atoms with Crippen LogP contribution in [0.4, 0.5) is 4.79 Å². The third kappa shape index (κ3) is 1.72. The van der Waals surface area contributed by atoms with E-state index in [1.165, 1.54) is 6.92 Å². The maximum Gasteiger partial charge on any atom is 0.432 e. The van der Waals surface area contributed by atoms with Gasteiger partial charge in [0, 0.05) is 0 Å². The van der Waals surface area contributed by atoms with Crippen LogP contribution in [0.5, 0.6) is 0 Å². The first-order valence-corrected chi connectivity index (χ1v) is 5.20. The summed E-state index contributed by atoms with van der Waals surface area (Å²) in [7, 11) is -4.61. The first-order chi connectivity index (χ1) is 6.25. The van der Waals surface area contributed by atoms with Gasteiger partial charge in [0.2, 0.25) is 0 Å². The van der Waals surface area contributed by atoms with Gasteiger partial charge in [0.05, 0.1) is 6.04 Å². The second kappa shape index (κ2) is 3.23. The number of nitrogens with one attached hydrogen (secondary N) is 1. The Morgan fingerprint density at radius 3 is 2.36 bits per heavy atom. The summed E-state index contributed by atoms with van der Waals surface area (Å²) < 4.78 is 11.0. The summed E-state index contributed by atoms with van der Waals surface area (Å²) >= 11 is 0. The third-order valence-electron chi connectivity index (χ3n) is 1.92. The molecule has 0 bridgehead atoms. The fourth-order valence-electron chi connectivity index (χ4n) is 1.29. The molecular formula is C5H9N2O6P. The van der Waals surface area contributed by atoms with Crippen LogP contribution < -0.4 is 5.32 Å². The van der Waals surface area contributed by atoms with Crippen molar-refractivity contribution in [2.45, 2.75) is 19.0 Å². The molecule has 8 nitrogen and oxygen atoms in total. The molecule has 0 aromatic rings. The molecule has 1 saturated heterocycles. The van der Waals surface area contributed by atoms with E-state index in [1.807, 2.05) is 5.32 Å². The molecule has 0 radical (unpaired) electrons. The maximum atomic E-state index is 11.1. The molecule has 1 aliphatic rings. The first-order valence-electron chi connectivity index (χ1n) is 3.63. The lowest BCUT2D eigenvalue weighted by Crippen LogP contribution is -2.67. The monoisotopic (exact) mass is 224 g/mol. The topological polar surface area (TPSA) is 127 Å². The molecule has 1 unspecified atom stereocenters.